The summed E-state index contributed by atoms with van der Waals surface area (Å²) in [4.78, 5) is 2.73. The lowest BCUT2D eigenvalue weighted by molar-refractivity contribution is -0.0320. The van der Waals surface area contributed by atoms with E-state index in [0.717, 1.165) is 18.3 Å². The van der Waals surface area contributed by atoms with E-state index in [4.69, 9.17) is 4.74 Å². The Kier molecular flexibility index (Phi) is 6.83. The number of hydrogen-bond acceptors (Lipinski definition) is 2. The molecule has 1 atom stereocenters. The Hall–Kier alpha value is -0.0800. The highest BCUT2D eigenvalue weighted by atomic mass is 16.5. The molecule has 0 bridgehead atoms. The van der Waals surface area contributed by atoms with Gasteiger partial charge in [-0.15, -0.1) is 0 Å². The number of piperidine rings is 1. The van der Waals surface area contributed by atoms with Crippen LogP contribution in [0.2, 0.25) is 0 Å². The molecular weight excluding hydrogens is 246 g/mol. The molecule has 1 unspecified atom stereocenters. The van der Waals surface area contributed by atoms with Crippen molar-refractivity contribution in [2.24, 2.45) is 11.8 Å². The minimum atomic E-state index is 0.449. The SMILES string of the molecule is CCC1CCN(CC2CCC(OC(C)CC)CC2)CC1. The zero-order valence-corrected chi connectivity index (χ0v) is 13.9. The Balaban J connectivity index is 1.62. The van der Waals surface area contributed by atoms with E-state index < -0.39 is 0 Å². The molecule has 118 valence electrons. The lowest BCUT2D eigenvalue weighted by Gasteiger charge is -2.36. The van der Waals surface area contributed by atoms with Crippen molar-refractivity contribution in [3.8, 4) is 0 Å². The maximum absolute atomic E-state index is 6.09. The van der Waals surface area contributed by atoms with Crippen LogP contribution in [0.3, 0.4) is 0 Å². The molecule has 2 nitrogen and oxygen atoms in total. The molecule has 2 aliphatic rings. The number of hydrogen-bond donors (Lipinski definition) is 0. The summed E-state index contributed by atoms with van der Waals surface area (Å²) in [5.41, 5.74) is 0. The van der Waals surface area contributed by atoms with Gasteiger partial charge in [-0.3, -0.25) is 0 Å². The first-order chi connectivity index (χ1) is 9.71. The van der Waals surface area contributed by atoms with Gasteiger partial charge < -0.3 is 9.64 Å². The summed E-state index contributed by atoms with van der Waals surface area (Å²) >= 11 is 0. The van der Waals surface area contributed by atoms with Crippen molar-refractivity contribution in [1.29, 1.82) is 0 Å². The maximum Gasteiger partial charge on any atom is 0.0579 e. The first kappa shape index (κ1) is 16.3. The zero-order chi connectivity index (χ0) is 14.4. The quantitative estimate of drug-likeness (QED) is 0.711. The van der Waals surface area contributed by atoms with Crippen LogP contribution in [0.1, 0.15) is 72.1 Å². The first-order valence-corrected chi connectivity index (χ1v) is 9.09. The fraction of sp³-hybridized carbons (Fsp3) is 1.00. The van der Waals surface area contributed by atoms with Crippen molar-refractivity contribution < 1.29 is 4.74 Å². The lowest BCUT2D eigenvalue weighted by atomic mass is 9.86. The highest BCUT2D eigenvalue weighted by molar-refractivity contribution is 4.78. The summed E-state index contributed by atoms with van der Waals surface area (Å²) in [6, 6.07) is 0. The van der Waals surface area contributed by atoms with Crippen molar-refractivity contribution in [2.45, 2.75) is 84.3 Å². The summed E-state index contributed by atoms with van der Waals surface area (Å²) < 4.78 is 6.09. The Bertz CT molecular complexity index is 252. The summed E-state index contributed by atoms with van der Waals surface area (Å²) in [5, 5.41) is 0. The van der Waals surface area contributed by atoms with Gasteiger partial charge in [0.05, 0.1) is 12.2 Å². The molecule has 2 fully saturated rings. The molecule has 1 aliphatic carbocycles. The van der Waals surface area contributed by atoms with Crippen LogP contribution in [0, 0.1) is 11.8 Å². The van der Waals surface area contributed by atoms with Crippen LogP contribution in [0.5, 0.6) is 0 Å². The molecular formula is C18H35NO. The van der Waals surface area contributed by atoms with E-state index in [0.29, 0.717) is 12.2 Å². The van der Waals surface area contributed by atoms with E-state index in [1.165, 1.54) is 64.6 Å². The molecule has 1 heterocycles. The van der Waals surface area contributed by atoms with Crippen molar-refractivity contribution in [3.63, 3.8) is 0 Å². The van der Waals surface area contributed by atoms with Gasteiger partial charge in [-0.2, -0.15) is 0 Å². The van der Waals surface area contributed by atoms with Crippen LogP contribution in [0.25, 0.3) is 0 Å². The topological polar surface area (TPSA) is 12.5 Å². The van der Waals surface area contributed by atoms with Gasteiger partial charge in [-0.05, 0) is 76.8 Å². The predicted molar refractivity (Wildman–Crippen MR) is 86.0 cm³/mol. The highest BCUT2D eigenvalue weighted by Gasteiger charge is 2.26. The van der Waals surface area contributed by atoms with Crippen molar-refractivity contribution >= 4 is 0 Å². The highest BCUT2D eigenvalue weighted by Crippen LogP contribution is 2.29. The molecule has 2 rings (SSSR count). The molecule has 1 saturated heterocycles. The molecule has 0 aromatic carbocycles. The van der Waals surface area contributed by atoms with E-state index >= 15 is 0 Å². The first-order valence-electron chi connectivity index (χ1n) is 9.09. The summed E-state index contributed by atoms with van der Waals surface area (Å²) in [6.07, 6.45) is 11.7. The van der Waals surface area contributed by atoms with Crippen LogP contribution in [0.4, 0.5) is 0 Å². The van der Waals surface area contributed by atoms with Gasteiger partial charge in [0.15, 0.2) is 0 Å². The maximum atomic E-state index is 6.09. The lowest BCUT2D eigenvalue weighted by Crippen LogP contribution is -2.38. The second kappa shape index (κ2) is 8.38. The summed E-state index contributed by atoms with van der Waals surface area (Å²) in [7, 11) is 0. The Morgan fingerprint density at radius 2 is 1.60 bits per heavy atom. The fourth-order valence-corrected chi connectivity index (χ4v) is 3.82. The van der Waals surface area contributed by atoms with Crippen molar-refractivity contribution in [1.82, 2.24) is 4.90 Å². The van der Waals surface area contributed by atoms with Gasteiger partial charge in [-0.1, -0.05) is 20.3 Å². The number of rotatable bonds is 6. The predicted octanol–water partition coefficient (Wildman–Crippen LogP) is 4.48. The molecule has 0 aromatic rings. The van der Waals surface area contributed by atoms with E-state index in [1.54, 1.807) is 0 Å². The Morgan fingerprint density at radius 1 is 0.950 bits per heavy atom. The van der Waals surface area contributed by atoms with E-state index in [9.17, 15) is 0 Å². The monoisotopic (exact) mass is 281 g/mol. The van der Waals surface area contributed by atoms with Crippen LogP contribution in [0.15, 0.2) is 0 Å². The van der Waals surface area contributed by atoms with Gasteiger partial charge in [0, 0.05) is 6.54 Å². The average Bonchev–Trinajstić information content (AvgIpc) is 2.50. The summed E-state index contributed by atoms with van der Waals surface area (Å²) in [5.74, 6) is 1.94. The molecule has 2 heteroatoms. The van der Waals surface area contributed by atoms with Gasteiger partial charge in [-0.25, -0.2) is 0 Å². The van der Waals surface area contributed by atoms with Gasteiger partial charge in [0.1, 0.15) is 0 Å². The largest absolute Gasteiger partial charge is 0.375 e. The number of nitrogens with zero attached hydrogens (tertiary/aromatic N) is 1. The van der Waals surface area contributed by atoms with Crippen molar-refractivity contribution in [2.75, 3.05) is 19.6 Å². The normalized spacial score (nSPS) is 31.4. The van der Waals surface area contributed by atoms with Gasteiger partial charge in [0.25, 0.3) is 0 Å². The molecule has 0 radical (unpaired) electrons. The van der Waals surface area contributed by atoms with Crippen LogP contribution in [-0.2, 0) is 4.74 Å². The molecule has 1 saturated carbocycles. The molecule has 0 aromatic heterocycles. The second-order valence-electron chi connectivity index (χ2n) is 7.15. The average molecular weight is 281 g/mol. The van der Waals surface area contributed by atoms with Gasteiger partial charge >= 0.3 is 0 Å². The van der Waals surface area contributed by atoms with Crippen LogP contribution in [-0.4, -0.2) is 36.7 Å². The van der Waals surface area contributed by atoms with E-state index in [1.807, 2.05) is 0 Å². The second-order valence-corrected chi connectivity index (χ2v) is 7.15. The molecule has 1 aliphatic heterocycles. The minimum absolute atomic E-state index is 0.449. The third-order valence-electron chi connectivity index (χ3n) is 5.59. The van der Waals surface area contributed by atoms with E-state index in [2.05, 4.69) is 25.7 Å². The van der Waals surface area contributed by atoms with E-state index in [-0.39, 0.29) is 0 Å². The third-order valence-corrected chi connectivity index (χ3v) is 5.59. The zero-order valence-electron chi connectivity index (χ0n) is 13.9. The third kappa shape index (κ3) is 5.04. The molecule has 20 heavy (non-hydrogen) atoms. The Labute approximate surface area is 126 Å². The smallest absolute Gasteiger partial charge is 0.0579 e. The molecule has 0 N–H and O–H groups in total. The van der Waals surface area contributed by atoms with Crippen LogP contribution < -0.4 is 0 Å². The molecule has 0 amide bonds. The van der Waals surface area contributed by atoms with Crippen LogP contribution >= 0.6 is 0 Å². The summed E-state index contributed by atoms with van der Waals surface area (Å²) in [6.45, 7) is 10.8. The Morgan fingerprint density at radius 3 is 2.15 bits per heavy atom. The number of likely N-dealkylation sites (tertiary alicyclic amines) is 1. The molecule has 0 spiro atoms. The standard InChI is InChI=1S/C18H35NO/c1-4-15(3)20-18-8-6-17(7-9-18)14-19-12-10-16(5-2)11-13-19/h15-18H,4-14H2,1-3H3. The van der Waals surface area contributed by atoms with Gasteiger partial charge in [0.2, 0.25) is 0 Å². The fourth-order valence-electron chi connectivity index (χ4n) is 3.82. The minimum Gasteiger partial charge on any atom is -0.375 e. The number of ether oxygens (including phenoxy) is 1. The van der Waals surface area contributed by atoms with Crippen molar-refractivity contribution in [3.05, 3.63) is 0 Å².